The molecule has 0 spiro atoms. The summed E-state index contributed by atoms with van der Waals surface area (Å²) in [6.45, 7) is 5.67. The zero-order valence-electron chi connectivity index (χ0n) is 13.2. The fourth-order valence-electron chi connectivity index (χ4n) is 3.10. The molecule has 1 unspecified atom stereocenters. The first kappa shape index (κ1) is 17.6. The molecule has 1 fully saturated rings. The van der Waals surface area contributed by atoms with Gasteiger partial charge in [-0.3, -0.25) is 4.79 Å². The van der Waals surface area contributed by atoms with Crippen LogP contribution in [-0.4, -0.2) is 29.9 Å². The molecule has 0 saturated carbocycles. The number of nitrogens with two attached hydrogens (primary N) is 1. The van der Waals surface area contributed by atoms with E-state index in [2.05, 4.69) is 13.8 Å². The van der Waals surface area contributed by atoms with Crippen LogP contribution in [0.15, 0.2) is 18.2 Å². The third-order valence-corrected chi connectivity index (χ3v) is 5.33. The highest BCUT2D eigenvalue weighted by Gasteiger charge is 2.37. The number of piperidine rings is 1. The summed E-state index contributed by atoms with van der Waals surface area (Å²) in [5.74, 6) is 0.143. The Hall–Kier alpha value is -0.770. The van der Waals surface area contributed by atoms with Crippen molar-refractivity contribution in [3.8, 4) is 0 Å². The summed E-state index contributed by atoms with van der Waals surface area (Å²) in [5.41, 5.74) is 6.75. The predicted octanol–water partition coefficient (Wildman–Crippen LogP) is 3.90. The highest BCUT2D eigenvalue weighted by atomic mass is 35.5. The maximum Gasteiger partial charge on any atom is 0.227 e. The van der Waals surface area contributed by atoms with Crippen molar-refractivity contribution in [1.29, 1.82) is 0 Å². The van der Waals surface area contributed by atoms with Crippen LogP contribution in [0.2, 0.25) is 10.0 Å². The van der Waals surface area contributed by atoms with E-state index in [0.717, 1.165) is 31.4 Å². The van der Waals surface area contributed by atoms with Gasteiger partial charge < -0.3 is 10.6 Å². The zero-order chi connectivity index (χ0) is 16.3. The lowest BCUT2D eigenvalue weighted by molar-refractivity contribution is -0.137. The number of carbonyl (C=O) groups is 1. The number of halogens is 2. The molecule has 22 heavy (non-hydrogen) atoms. The monoisotopic (exact) mass is 342 g/mol. The summed E-state index contributed by atoms with van der Waals surface area (Å²) in [6, 6.07) is 5.58. The Morgan fingerprint density at radius 1 is 1.32 bits per heavy atom. The Morgan fingerprint density at radius 3 is 2.68 bits per heavy atom. The number of nitrogens with zero attached hydrogens (tertiary/aromatic N) is 1. The third-order valence-electron chi connectivity index (χ3n) is 4.59. The number of amides is 1. The Morgan fingerprint density at radius 2 is 2.05 bits per heavy atom. The van der Waals surface area contributed by atoms with Crippen LogP contribution < -0.4 is 5.73 Å². The van der Waals surface area contributed by atoms with Crippen molar-refractivity contribution in [2.45, 2.75) is 45.6 Å². The van der Waals surface area contributed by atoms with Crippen LogP contribution >= 0.6 is 23.2 Å². The van der Waals surface area contributed by atoms with Gasteiger partial charge in [-0.1, -0.05) is 43.1 Å². The molecule has 0 radical (unpaired) electrons. The predicted molar refractivity (Wildman–Crippen MR) is 92.4 cm³/mol. The molecule has 1 aliphatic rings. The SMILES string of the molecule is CC(C)(CN)C1CCCCN1C(=O)Cc1ccc(Cl)c(Cl)c1. The first-order valence-corrected chi connectivity index (χ1v) is 8.54. The molecule has 3 nitrogen and oxygen atoms in total. The van der Waals surface area contributed by atoms with Crippen molar-refractivity contribution in [2.75, 3.05) is 13.1 Å². The second-order valence-electron chi connectivity index (χ2n) is 6.72. The van der Waals surface area contributed by atoms with Gasteiger partial charge in [0, 0.05) is 12.6 Å². The summed E-state index contributed by atoms with van der Waals surface area (Å²) in [7, 11) is 0. The third kappa shape index (κ3) is 3.95. The van der Waals surface area contributed by atoms with Gasteiger partial charge in [-0.2, -0.15) is 0 Å². The zero-order valence-corrected chi connectivity index (χ0v) is 14.8. The second-order valence-corrected chi connectivity index (χ2v) is 7.53. The highest BCUT2D eigenvalue weighted by molar-refractivity contribution is 6.42. The van der Waals surface area contributed by atoms with Crippen LogP contribution in [0.1, 0.15) is 38.7 Å². The molecule has 2 N–H and O–H groups in total. The number of carbonyl (C=O) groups excluding carboxylic acids is 1. The molecule has 1 heterocycles. The molecule has 122 valence electrons. The maximum absolute atomic E-state index is 12.7. The van der Waals surface area contributed by atoms with Gasteiger partial charge in [0.2, 0.25) is 5.91 Å². The first-order valence-electron chi connectivity index (χ1n) is 7.78. The fraction of sp³-hybridized carbons (Fsp3) is 0.588. The van der Waals surface area contributed by atoms with Crippen molar-refractivity contribution < 1.29 is 4.79 Å². The minimum Gasteiger partial charge on any atom is -0.339 e. The lowest BCUT2D eigenvalue weighted by atomic mass is 9.78. The van der Waals surface area contributed by atoms with Gasteiger partial charge in [0.15, 0.2) is 0 Å². The van der Waals surface area contributed by atoms with Crippen LogP contribution in [0.4, 0.5) is 0 Å². The summed E-state index contributed by atoms with van der Waals surface area (Å²) in [5, 5.41) is 1.00. The lowest BCUT2D eigenvalue weighted by Gasteiger charge is -2.44. The van der Waals surface area contributed by atoms with E-state index in [1.54, 1.807) is 12.1 Å². The van der Waals surface area contributed by atoms with E-state index in [4.69, 9.17) is 28.9 Å². The van der Waals surface area contributed by atoms with Gasteiger partial charge in [-0.25, -0.2) is 0 Å². The van der Waals surface area contributed by atoms with Gasteiger partial charge in [0.25, 0.3) is 0 Å². The van der Waals surface area contributed by atoms with E-state index in [1.165, 1.54) is 0 Å². The Labute approximate surface area is 142 Å². The van der Waals surface area contributed by atoms with Gasteiger partial charge in [-0.15, -0.1) is 0 Å². The first-order chi connectivity index (χ1) is 10.3. The molecular weight excluding hydrogens is 319 g/mol. The minimum absolute atomic E-state index is 0.0618. The topological polar surface area (TPSA) is 46.3 Å². The largest absolute Gasteiger partial charge is 0.339 e. The molecule has 1 aromatic rings. The van der Waals surface area contributed by atoms with Gasteiger partial charge in [-0.05, 0) is 48.9 Å². The summed E-state index contributed by atoms with van der Waals surface area (Å²) in [4.78, 5) is 14.8. The van der Waals surface area contributed by atoms with E-state index >= 15 is 0 Å². The van der Waals surface area contributed by atoms with Crippen LogP contribution in [0.3, 0.4) is 0 Å². The second kappa shape index (κ2) is 7.20. The molecule has 1 aliphatic heterocycles. The Balaban J connectivity index is 2.13. The number of rotatable bonds is 4. The van der Waals surface area contributed by atoms with E-state index in [0.29, 0.717) is 23.0 Å². The van der Waals surface area contributed by atoms with Crippen LogP contribution in [0.5, 0.6) is 0 Å². The number of benzene rings is 1. The number of hydrogen-bond acceptors (Lipinski definition) is 2. The molecule has 0 aliphatic carbocycles. The van der Waals surface area contributed by atoms with Crippen molar-refractivity contribution in [3.05, 3.63) is 33.8 Å². The number of likely N-dealkylation sites (tertiary alicyclic amines) is 1. The van der Waals surface area contributed by atoms with Crippen LogP contribution in [-0.2, 0) is 11.2 Å². The smallest absolute Gasteiger partial charge is 0.227 e. The molecule has 1 amide bonds. The normalized spacial score (nSPS) is 19.3. The highest BCUT2D eigenvalue weighted by Crippen LogP contribution is 2.32. The average Bonchev–Trinajstić information content (AvgIpc) is 2.51. The maximum atomic E-state index is 12.7. The average molecular weight is 343 g/mol. The molecule has 1 atom stereocenters. The lowest BCUT2D eigenvalue weighted by Crippen LogP contribution is -2.53. The van der Waals surface area contributed by atoms with Crippen molar-refractivity contribution >= 4 is 29.1 Å². The van der Waals surface area contributed by atoms with Crippen LogP contribution in [0, 0.1) is 5.41 Å². The Kier molecular flexibility index (Phi) is 5.76. The van der Waals surface area contributed by atoms with E-state index in [1.807, 2.05) is 11.0 Å². The summed E-state index contributed by atoms with van der Waals surface area (Å²) in [6.07, 6.45) is 3.60. The fourth-order valence-corrected chi connectivity index (χ4v) is 3.43. The van der Waals surface area contributed by atoms with E-state index in [9.17, 15) is 4.79 Å². The molecule has 2 rings (SSSR count). The molecule has 0 aromatic heterocycles. The molecular formula is C17H24Cl2N2O. The minimum atomic E-state index is -0.0618. The Bertz CT molecular complexity index is 545. The van der Waals surface area contributed by atoms with E-state index < -0.39 is 0 Å². The van der Waals surface area contributed by atoms with Crippen LogP contribution in [0.25, 0.3) is 0 Å². The molecule has 1 saturated heterocycles. The van der Waals surface area contributed by atoms with Gasteiger partial charge in [0.1, 0.15) is 0 Å². The molecule has 0 bridgehead atoms. The van der Waals surface area contributed by atoms with Gasteiger partial charge >= 0.3 is 0 Å². The molecule has 1 aromatic carbocycles. The standard InChI is InChI=1S/C17H24Cl2N2O/c1-17(2,11-20)15-5-3-4-8-21(15)16(22)10-12-6-7-13(18)14(19)9-12/h6-7,9,15H,3-5,8,10-11,20H2,1-2H3. The number of hydrogen-bond donors (Lipinski definition) is 1. The van der Waals surface area contributed by atoms with Crippen molar-refractivity contribution in [2.24, 2.45) is 11.1 Å². The van der Waals surface area contributed by atoms with Crippen molar-refractivity contribution in [3.63, 3.8) is 0 Å². The van der Waals surface area contributed by atoms with Gasteiger partial charge in [0.05, 0.1) is 16.5 Å². The summed E-state index contributed by atoms with van der Waals surface area (Å²) < 4.78 is 0. The molecule has 5 heteroatoms. The van der Waals surface area contributed by atoms with Crippen molar-refractivity contribution in [1.82, 2.24) is 4.90 Å². The quantitative estimate of drug-likeness (QED) is 0.901. The summed E-state index contributed by atoms with van der Waals surface area (Å²) >= 11 is 12.0. The van der Waals surface area contributed by atoms with E-state index in [-0.39, 0.29) is 17.4 Å².